The maximum absolute atomic E-state index is 12.5. The Morgan fingerprint density at radius 3 is 3.00 bits per heavy atom. The van der Waals surface area contributed by atoms with Crippen LogP contribution in [0, 0.1) is 12.8 Å². The van der Waals surface area contributed by atoms with Gasteiger partial charge in [-0.2, -0.15) is 0 Å². The zero-order valence-corrected chi connectivity index (χ0v) is 17.0. The lowest BCUT2D eigenvalue weighted by molar-refractivity contribution is 0.0941. The van der Waals surface area contributed by atoms with E-state index in [1.54, 1.807) is 12.3 Å². The van der Waals surface area contributed by atoms with Crippen molar-refractivity contribution in [1.29, 1.82) is 0 Å². The van der Waals surface area contributed by atoms with Crippen LogP contribution in [0.5, 0.6) is 0 Å². The Morgan fingerprint density at radius 2 is 2.31 bits per heavy atom. The van der Waals surface area contributed by atoms with Crippen molar-refractivity contribution in [2.45, 2.75) is 30.5 Å². The fraction of sp³-hybridized carbons (Fsp3) is 0.471. The van der Waals surface area contributed by atoms with Gasteiger partial charge in [-0.25, -0.2) is 4.98 Å². The first-order chi connectivity index (χ1) is 11.7. The Bertz CT molecular complexity index is 693. The summed E-state index contributed by atoms with van der Waals surface area (Å²) in [5.74, 6) is 1.85. The lowest BCUT2D eigenvalue weighted by Gasteiger charge is -2.23. The van der Waals surface area contributed by atoms with Gasteiger partial charge in [-0.3, -0.25) is 4.79 Å². The molecular weight excluding hydrogens is 395 g/mol. The van der Waals surface area contributed by atoms with Gasteiger partial charge < -0.3 is 15.2 Å². The maximum Gasteiger partial charge on any atom is 0.254 e. The summed E-state index contributed by atoms with van der Waals surface area (Å²) in [4.78, 5) is 16.9. The number of aromatic nitrogens is 2. The highest BCUT2D eigenvalue weighted by Crippen LogP contribution is 2.24. The number of halogens is 2. The second-order valence-corrected chi connectivity index (χ2v) is 6.96. The lowest BCUT2D eigenvalue weighted by Crippen LogP contribution is -2.38. The topological polar surface area (TPSA) is 80.0 Å². The van der Waals surface area contributed by atoms with Gasteiger partial charge in [-0.15, -0.1) is 24.8 Å². The molecule has 2 aromatic heterocycles. The molecule has 0 radical (unpaired) electrons. The first-order valence-electron chi connectivity index (χ1n) is 8.21. The van der Waals surface area contributed by atoms with Crippen molar-refractivity contribution in [3.05, 3.63) is 41.4 Å². The molecule has 0 bridgehead atoms. The third-order valence-corrected chi connectivity index (χ3v) is 5.04. The maximum atomic E-state index is 12.5. The minimum Gasteiger partial charge on any atom is -0.361 e. The van der Waals surface area contributed by atoms with Crippen LogP contribution in [0.1, 0.15) is 34.7 Å². The van der Waals surface area contributed by atoms with Crippen LogP contribution in [0.15, 0.2) is 33.9 Å². The first kappa shape index (κ1) is 22.8. The number of nitrogens with one attached hydrogen (secondary N) is 2. The summed E-state index contributed by atoms with van der Waals surface area (Å²) >= 11 is 1.50. The van der Waals surface area contributed by atoms with Crippen LogP contribution in [-0.4, -0.2) is 35.7 Å². The van der Waals surface area contributed by atoms with E-state index in [0.717, 1.165) is 36.0 Å². The van der Waals surface area contributed by atoms with Gasteiger partial charge in [0, 0.05) is 24.6 Å². The van der Waals surface area contributed by atoms with E-state index in [-0.39, 0.29) is 30.7 Å². The average molecular weight is 419 g/mol. The molecule has 0 aromatic carbocycles. The van der Waals surface area contributed by atoms with Crippen molar-refractivity contribution in [1.82, 2.24) is 20.8 Å². The number of rotatable bonds is 6. The van der Waals surface area contributed by atoms with Crippen LogP contribution in [0.3, 0.4) is 0 Å². The number of piperidine rings is 1. The molecule has 3 rings (SSSR count). The molecule has 26 heavy (non-hydrogen) atoms. The molecule has 9 heteroatoms. The molecule has 1 fully saturated rings. The second-order valence-electron chi connectivity index (χ2n) is 6.00. The van der Waals surface area contributed by atoms with Gasteiger partial charge in [0.15, 0.2) is 0 Å². The van der Waals surface area contributed by atoms with Crippen molar-refractivity contribution < 1.29 is 9.32 Å². The Balaban J connectivity index is 0.00000169. The van der Waals surface area contributed by atoms with Gasteiger partial charge in [0.2, 0.25) is 0 Å². The zero-order chi connectivity index (χ0) is 16.8. The quantitative estimate of drug-likeness (QED) is 0.700. The number of amides is 1. The molecule has 1 atom stereocenters. The molecule has 3 heterocycles. The Hall–Kier alpha value is -1.28. The fourth-order valence-corrected chi connectivity index (χ4v) is 3.61. The van der Waals surface area contributed by atoms with Crippen molar-refractivity contribution in [2.75, 3.05) is 19.6 Å². The van der Waals surface area contributed by atoms with Gasteiger partial charge in [0.1, 0.15) is 10.8 Å². The molecule has 1 aliphatic rings. The standard InChI is InChI=1S/C17H22N4O2S.2ClH/c1-12-8-14(21-23-12)11-24-17-15(5-3-7-19-17)16(22)20-10-13-4-2-6-18-9-13;;/h3,5,7-8,13,18H,2,4,6,9-11H2,1H3,(H,20,22);2*1H. The Kier molecular flexibility index (Phi) is 10.0. The monoisotopic (exact) mass is 418 g/mol. The van der Waals surface area contributed by atoms with Crippen LogP contribution in [0.25, 0.3) is 0 Å². The van der Waals surface area contributed by atoms with E-state index in [4.69, 9.17) is 4.52 Å². The Morgan fingerprint density at radius 1 is 1.46 bits per heavy atom. The molecule has 2 N–H and O–H groups in total. The van der Waals surface area contributed by atoms with E-state index in [9.17, 15) is 4.79 Å². The van der Waals surface area contributed by atoms with Gasteiger partial charge in [0.05, 0.1) is 11.3 Å². The van der Waals surface area contributed by atoms with E-state index < -0.39 is 0 Å². The summed E-state index contributed by atoms with van der Waals surface area (Å²) < 4.78 is 5.07. The highest BCUT2D eigenvalue weighted by Gasteiger charge is 2.17. The highest BCUT2D eigenvalue weighted by molar-refractivity contribution is 7.98. The average Bonchev–Trinajstić information content (AvgIpc) is 3.04. The first-order valence-corrected chi connectivity index (χ1v) is 9.20. The number of aryl methyl sites for hydroxylation is 1. The number of pyridine rings is 1. The fourth-order valence-electron chi connectivity index (χ4n) is 2.74. The molecule has 0 saturated carbocycles. The van der Waals surface area contributed by atoms with Crippen LogP contribution in [0.2, 0.25) is 0 Å². The minimum absolute atomic E-state index is 0. The molecule has 0 aliphatic carbocycles. The van der Waals surface area contributed by atoms with Crippen molar-refractivity contribution >= 4 is 42.5 Å². The molecule has 144 valence electrons. The SMILES string of the molecule is Cc1cc(CSc2ncccc2C(=O)NCC2CCCNC2)no1.Cl.Cl. The summed E-state index contributed by atoms with van der Waals surface area (Å²) in [6, 6.07) is 5.50. The van der Waals surface area contributed by atoms with Gasteiger partial charge >= 0.3 is 0 Å². The molecular formula is C17H24Cl2N4O2S. The largest absolute Gasteiger partial charge is 0.361 e. The van der Waals surface area contributed by atoms with E-state index in [1.165, 1.54) is 18.2 Å². The number of carbonyl (C=O) groups is 1. The van der Waals surface area contributed by atoms with Crippen molar-refractivity contribution in [3.8, 4) is 0 Å². The van der Waals surface area contributed by atoms with Gasteiger partial charge in [0.25, 0.3) is 5.91 Å². The van der Waals surface area contributed by atoms with E-state index >= 15 is 0 Å². The molecule has 1 amide bonds. The van der Waals surface area contributed by atoms with Crippen molar-refractivity contribution in [2.24, 2.45) is 5.92 Å². The van der Waals surface area contributed by atoms with Crippen LogP contribution < -0.4 is 10.6 Å². The van der Waals surface area contributed by atoms with E-state index in [0.29, 0.717) is 23.8 Å². The summed E-state index contributed by atoms with van der Waals surface area (Å²) in [6.45, 7) is 4.62. The lowest BCUT2D eigenvalue weighted by atomic mass is 10.00. The number of hydrogen-bond acceptors (Lipinski definition) is 6. The van der Waals surface area contributed by atoms with E-state index in [1.807, 2.05) is 19.1 Å². The predicted octanol–water partition coefficient (Wildman–Crippen LogP) is 3.24. The van der Waals surface area contributed by atoms with Crippen LogP contribution in [-0.2, 0) is 5.75 Å². The predicted molar refractivity (Wildman–Crippen MR) is 107 cm³/mol. The molecule has 1 saturated heterocycles. The molecule has 1 aliphatic heterocycles. The van der Waals surface area contributed by atoms with E-state index in [2.05, 4.69) is 20.8 Å². The van der Waals surface area contributed by atoms with Gasteiger partial charge in [-0.05, 0) is 50.9 Å². The second kappa shape index (κ2) is 11.4. The number of nitrogens with zero attached hydrogens (tertiary/aromatic N) is 2. The normalized spacial score (nSPS) is 16.3. The van der Waals surface area contributed by atoms with Crippen LogP contribution in [0.4, 0.5) is 0 Å². The molecule has 2 aromatic rings. The summed E-state index contributed by atoms with van der Waals surface area (Å²) in [5.41, 5.74) is 1.47. The number of thioether (sulfide) groups is 1. The number of hydrogen-bond donors (Lipinski definition) is 2. The third kappa shape index (κ3) is 6.46. The molecule has 6 nitrogen and oxygen atoms in total. The van der Waals surface area contributed by atoms with Crippen LogP contribution >= 0.6 is 36.6 Å². The summed E-state index contributed by atoms with van der Waals surface area (Å²) in [5, 5.41) is 11.1. The molecule has 0 spiro atoms. The highest BCUT2D eigenvalue weighted by atomic mass is 35.5. The smallest absolute Gasteiger partial charge is 0.254 e. The minimum atomic E-state index is -0.0625. The van der Waals surface area contributed by atoms with Gasteiger partial charge in [-0.1, -0.05) is 16.9 Å². The van der Waals surface area contributed by atoms with Crippen molar-refractivity contribution in [3.63, 3.8) is 0 Å². The Labute approximate surface area is 170 Å². The zero-order valence-electron chi connectivity index (χ0n) is 14.6. The third-order valence-electron chi connectivity index (χ3n) is 4.00. The summed E-state index contributed by atoms with van der Waals surface area (Å²) in [6.07, 6.45) is 4.04. The number of carbonyl (C=O) groups excluding carboxylic acids is 1. The summed E-state index contributed by atoms with van der Waals surface area (Å²) in [7, 11) is 0. The molecule has 1 unspecified atom stereocenters.